The second-order valence-electron chi connectivity index (χ2n) is 7.91. The number of aryl methyl sites for hydroxylation is 1. The Bertz CT molecular complexity index is 623. The molecule has 3 N–H and O–H groups in total. The summed E-state index contributed by atoms with van der Waals surface area (Å²) in [6.07, 6.45) is 7.40. The molecule has 1 atom stereocenters. The summed E-state index contributed by atoms with van der Waals surface area (Å²) < 4.78 is 0. The molecule has 3 aliphatic rings. The third kappa shape index (κ3) is 3.82. The zero-order valence-electron chi connectivity index (χ0n) is 14.8. The normalized spacial score (nSPS) is 27.6. The molecule has 2 fully saturated rings. The van der Waals surface area contributed by atoms with Gasteiger partial charge in [-0.15, -0.1) is 0 Å². The summed E-state index contributed by atoms with van der Waals surface area (Å²) >= 11 is 0. The minimum Gasteiger partial charge on any atom is -0.383 e. The Balaban J connectivity index is 1.27. The van der Waals surface area contributed by atoms with Crippen LogP contribution in [0.15, 0.2) is 24.3 Å². The van der Waals surface area contributed by atoms with Crippen molar-refractivity contribution in [1.82, 2.24) is 15.5 Å². The van der Waals surface area contributed by atoms with Crippen LogP contribution < -0.4 is 10.6 Å². The number of urea groups is 1. The first-order chi connectivity index (χ1) is 12.1. The third-order valence-corrected chi connectivity index (χ3v) is 6.02. The smallest absolute Gasteiger partial charge is 0.315 e. The summed E-state index contributed by atoms with van der Waals surface area (Å²) in [6, 6.07) is 8.95. The van der Waals surface area contributed by atoms with Gasteiger partial charge in [0.05, 0.1) is 6.54 Å². The average molecular weight is 343 g/mol. The summed E-state index contributed by atoms with van der Waals surface area (Å²) in [5, 5.41) is 17.0. The highest BCUT2D eigenvalue weighted by Gasteiger charge is 2.35. The van der Waals surface area contributed by atoms with Crippen molar-refractivity contribution in [2.75, 3.05) is 19.6 Å². The summed E-state index contributed by atoms with van der Waals surface area (Å²) in [5.41, 5.74) is 1.23. The monoisotopic (exact) mass is 343 g/mol. The molecule has 2 amide bonds. The van der Waals surface area contributed by atoms with Gasteiger partial charge in [-0.25, -0.2) is 4.79 Å². The molecular formula is C20H29N3O2. The first kappa shape index (κ1) is 16.9. The van der Waals surface area contributed by atoms with E-state index in [2.05, 4.69) is 21.6 Å². The van der Waals surface area contributed by atoms with Crippen LogP contribution in [0.4, 0.5) is 4.79 Å². The number of likely N-dealkylation sites (tertiary alicyclic amines) is 1. The van der Waals surface area contributed by atoms with Crippen molar-refractivity contribution in [2.45, 2.75) is 62.6 Å². The van der Waals surface area contributed by atoms with Crippen LogP contribution in [-0.2, 0) is 12.0 Å². The first-order valence-corrected chi connectivity index (χ1v) is 9.73. The molecule has 136 valence electrons. The number of aliphatic hydroxyl groups is 1. The Hall–Kier alpha value is -1.59. The molecule has 1 saturated carbocycles. The van der Waals surface area contributed by atoms with Crippen LogP contribution in [0.2, 0.25) is 0 Å². The SMILES string of the molecule is O=C(NCC1(O)CCCc2ccccc21)NC1CCN(C2CC2)CC1. The second kappa shape index (κ2) is 6.96. The van der Waals surface area contributed by atoms with E-state index in [1.165, 1.54) is 18.4 Å². The molecule has 0 spiro atoms. The van der Waals surface area contributed by atoms with Gasteiger partial charge in [0.15, 0.2) is 0 Å². The van der Waals surface area contributed by atoms with Crippen molar-refractivity contribution < 1.29 is 9.90 Å². The van der Waals surface area contributed by atoms with Gasteiger partial charge in [-0.3, -0.25) is 0 Å². The van der Waals surface area contributed by atoms with E-state index in [1.54, 1.807) is 0 Å². The number of hydrogen-bond donors (Lipinski definition) is 3. The van der Waals surface area contributed by atoms with Gasteiger partial charge in [0, 0.05) is 25.2 Å². The van der Waals surface area contributed by atoms with Gasteiger partial charge < -0.3 is 20.6 Å². The Labute approximate surface area is 149 Å². The van der Waals surface area contributed by atoms with E-state index in [4.69, 9.17) is 0 Å². The number of fused-ring (bicyclic) bond motifs is 1. The molecule has 1 unspecified atom stereocenters. The lowest BCUT2D eigenvalue weighted by Crippen LogP contribution is -2.51. The number of carbonyl (C=O) groups excluding carboxylic acids is 1. The molecule has 1 aromatic carbocycles. The van der Waals surface area contributed by atoms with E-state index in [-0.39, 0.29) is 18.6 Å². The lowest BCUT2D eigenvalue weighted by atomic mass is 9.79. The molecule has 5 heteroatoms. The van der Waals surface area contributed by atoms with E-state index in [1.807, 2.05) is 18.2 Å². The van der Waals surface area contributed by atoms with E-state index in [0.29, 0.717) is 6.42 Å². The van der Waals surface area contributed by atoms with Gasteiger partial charge in [0.2, 0.25) is 0 Å². The van der Waals surface area contributed by atoms with Crippen LogP contribution >= 0.6 is 0 Å². The zero-order chi connectivity index (χ0) is 17.3. The summed E-state index contributed by atoms with van der Waals surface area (Å²) in [7, 11) is 0. The minimum atomic E-state index is -0.943. The number of nitrogens with zero attached hydrogens (tertiary/aromatic N) is 1. The fourth-order valence-electron chi connectivity index (χ4n) is 4.39. The average Bonchev–Trinajstić information content (AvgIpc) is 3.47. The molecule has 1 heterocycles. The Morgan fingerprint density at radius 1 is 1.20 bits per heavy atom. The molecule has 1 aliphatic heterocycles. The number of piperidine rings is 1. The predicted molar refractivity (Wildman–Crippen MR) is 97.4 cm³/mol. The van der Waals surface area contributed by atoms with E-state index in [0.717, 1.165) is 50.4 Å². The van der Waals surface area contributed by atoms with E-state index < -0.39 is 5.60 Å². The predicted octanol–water partition coefficient (Wildman–Crippen LogP) is 2.14. The fourth-order valence-corrected chi connectivity index (χ4v) is 4.39. The Morgan fingerprint density at radius 3 is 2.72 bits per heavy atom. The van der Waals surface area contributed by atoms with Crippen LogP contribution in [0, 0.1) is 0 Å². The van der Waals surface area contributed by atoms with Crippen LogP contribution in [0.3, 0.4) is 0 Å². The van der Waals surface area contributed by atoms with Gasteiger partial charge in [-0.1, -0.05) is 24.3 Å². The van der Waals surface area contributed by atoms with Crippen LogP contribution in [-0.4, -0.2) is 47.8 Å². The van der Waals surface area contributed by atoms with Crippen molar-refractivity contribution in [3.05, 3.63) is 35.4 Å². The Kier molecular flexibility index (Phi) is 4.69. The quantitative estimate of drug-likeness (QED) is 0.785. The number of rotatable bonds is 4. The molecule has 1 aromatic rings. The van der Waals surface area contributed by atoms with E-state index >= 15 is 0 Å². The molecule has 4 rings (SSSR count). The molecule has 5 nitrogen and oxygen atoms in total. The third-order valence-electron chi connectivity index (χ3n) is 6.02. The maximum absolute atomic E-state index is 12.3. The van der Waals surface area contributed by atoms with Crippen LogP contribution in [0.1, 0.15) is 49.7 Å². The maximum atomic E-state index is 12.3. The maximum Gasteiger partial charge on any atom is 0.315 e. The van der Waals surface area contributed by atoms with Crippen molar-refractivity contribution in [3.63, 3.8) is 0 Å². The lowest BCUT2D eigenvalue weighted by molar-refractivity contribution is 0.0215. The van der Waals surface area contributed by atoms with E-state index in [9.17, 15) is 9.90 Å². The summed E-state index contributed by atoms with van der Waals surface area (Å²) in [4.78, 5) is 14.8. The van der Waals surface area contributed by atoms with Crippen molar-refractivity contribution in [1.29, 1.82) is 0 Å². The first-order valence-electron chi connectivity index (χ1n) is 9.73. The van der Waals surface area contributed by atoms with Gasteiger partial charge in [-0.2, -0.15) is 0 Å². The standard InChI is InChI=1S/C20H29N3O2/c24-19(22-16-9-12-23(13-10-16)17-7-8-17)21-14-20(25)11-3-5-15-4-1-2-6-18(15)20/h1-2,4,6,16-17,25H,3,5,7-14H2,(H2,21,22,24). The van der Waals surface area contributed by atoms with Gasteiger partial charge in [-0.05, 0) is 56.1 Å². The van der Waals surface area contributed by atoms with Gasteiger partial charge in [0.25, 0.3) is 0 Å². The second-order valence-corrected chi connectivity index (χ2v) is 7.91. The minimum absolute atomic E-state index is 0.152. The molecular weight excluding hydrogens is 314 g/mol. The van der Waals surface area contributed by atoms with Gasteiger partial charge in [0.1, 0.15) is 5.60 Å². The highest BCUT2D eigenvalue weighted by atomic mass is 16.3. The highest BCUT2D eigenvalue weighted by Crippen LogP contribution is 2.34. The largest absolute Gasteiger partial charge is 0.383 e. The lowest BCUT2D eigenvalue weighted by Gasteiger charge is -2.35. The zero-order valence-corrected chi connectivity index (χ0v) is 14.8. The molecule has 0 radical (unpaired) electrons. The molecule has 25 heavy (non-hydrogen) atoms. The molecule has 2 aliphatic carbocycles. The topological polar surface area (TPSA) is 64.6 Å². The highest BCUT2D eigenvalue weighted by molar-refractivity contribution is 5.74. The number of hydrogen-bond acceptors (Lipinski definition) is 3. The van der Waals surface area contributed by atoms with Crippen molar-refractivity contribution >= 4 is 6.03 Å². The number of nitrogens with one attached hydrogen (secondary N) is 2. The fraction of sp³-hybridized carbons (Fsp3) is 0.650. The summed E-state index contributed by atoms with van der Waals surface area (Å²) in [5.74, 6) is 0. The summed E-state index contributed by atoms with van der Waals surface area (Å²) in [6.45, 7) is 2.45. The van der Waals surface area contributed by atoms with Crippen molar-refractivity contribution in [2.24, 2.45) is 0 Å². The number of amides is 2. The van der Waals surface area contributed by atoms with Crippen molar-refractivity contribution in [3.8, 4) is 0 Å². The molecule has 0 bridgehead atoms. The Morgan fingerprint density at radius 2 is 1.96 bits per heavy atom. The van der Waals surface area contributed by atoms with Crippen LogP contribution in [0.5, 0.6) is 0 Å². The number of carbonyl (C=O) groups is 1. The molecule has 1 saturated heterocycles. The van der Waals surface area contributed by atoms with Crippen LogP contribution in [0.25, 0.3) is 0 Å². The molecule has 0 aromatic heterocycles. The number of benzene rings is 1. The van der Waals surface area contributed by atoms with Gasteiger partial charge >= 0.3 is 6.03 Å².